The standard InChI is InChI=1S/C9H8O6/c10-5-2-1-4(3-6(11)12)7(8(5)13)9(14)15/h1-2,10,13H,3H2,(H,11,12)(H,14,15). The van der Waals surface area contributed by atoms with Gasteiger partial charge in [-0.3, -0.25) is 4.79 Å². The van der Waals surface area contributed by atoms with Crippen molar-refractivity contribution in [3.8, 4) is 11.5 Å². The van der Waals surface area contributed by atoms with Crippen molar-refractivity contribution in [2.24, 2.45) is 0 Å². The van der Waals surface area contributed by atoms with E-state index in [1.54, 1.807) is 0 Å². The summed E-state index contributed by atoms with van der Waals surface area (Å²) in [7, 11) is 0. The third-order valence-electron chi connectivity index (χ3n) is 1.80. The number of aliphatic carboxylic acids is 1. The van der Waals surface area contributed by atoms with Gasteiger partial charge in [-0.15, -0.1) is 0 Å². The van der Waals surface area contributed by atoms with Crippen molar-refractivity contribution in [2.75, 3.05) is 0 Å². The number of aromatic carboxylic acids is 1. The third-order valence-corrected chi connectivity index (χ3v) is 1.80. The van der Waals surface area contributed by atoms with E-state index in [0.717, 1.165) is 12.1 Å². The number of carbonyl (C=O) groups is 2. The summed E-state index contributed by atoms with van der Waals surface area (Å²) in [6, 6.07) is 2.19. The normalized spacial score (nSPS) is 9.87. The summed E-state index contributed by atoms with van der Waals surface area (Å²) < 4.78 is 0. The molecule has 0 spiro atoms. The molecule has 0 unspecified atom stereocenters. The first-order chi connectivity index (χ1) is 6.93. The van der Waals surface area contributed by atoms with Crippen LogP contribution in [0.4, 0.5) is 0 Å². The first kappa shape index (κ1) is 10.8. The molecular weight excluding hydrogens is 204 g/mol. The molecule has 0 aliphatic rings. The number of carboxylic acid groups (broad SMARTS) is 2. The van der Waals surface area contributed by atoms with Crippen LogP contribution in [0.1, 0.15) is 15.9 Å². The lowest BCUT2D eigenvalue weighted by Crippen LogP contribution is -2.08. The molecule has 0 atom stereocenters. The van der Waals surface area contributed by atoms with Gasteiger partial charge in [0.2, 0.25) is 0 Å². The van der Waals surface area contributed by atoms with Crippen LogP contribution in [0, 0.1) is 0 Å². The molecule has 0 fully saturated rings. The molecule has 0 aromatic heterocycles. The second-order valence-electron chi connectivity index (χ2n) is 2.84. The Bertz CT molecular complexity index is 423. The average molecular weight is 212 g/mol. The Balaban J connectivity index is 3.33. The number of aromatic hydroxyl groups is 2. The van der Waals surface area contributed by atoms with Gasteiger partial charge in [-0.2, -0.15) is 0 Å². The molecule has 0 saturated carbocycles. The number of rotatable bonds is 3. The molecule has 80 valence electrons. The van der Waals surface area contributed by atoms with Gasteiger partial charge in [0.1, 0.15) is 5.56 Å². The number of phenols is 2. The largest absolute Gasteiger partial charge is 0.504 e. The highest BCUT2D eigenvalue weighted by Crippen LogP contribution is 2.31. The van der Waals surface area contributed by atoms with Crippen LogP contribution >= 0.6 is 0 Å². The van der Waals surface area contributed by atoms with Crippen molar-refractivity contribution < 1.29 is 30.0 Å². The summed E-state index contributed by atoms with van der Waals surface area (Å²) in [6.45, 7) is 0. The lowest BCUT2D eigenvalue weighted by atomic mass is 10.0. The second kappa shape index (κ2) is 3.87. The van der Waals surface area contributed by atoms with Crippen molar-refractivity contribution in [2.45, 2.75) is 6.42 Å². The number of hydrogen-bond donors (Lipinski definition) is 4. The molecule has 0 aliphatic heterocycles. The summed E-state index contributed by atoms with van der Waals surface area (Å²) in [5.74, 6) is -4.12. The highest BCUT2D eigenvalue weighted by atomic mass is 16.4. The zero-order chi connectivity index (χ0) is 11.6. The zero-order valence-electron chi connectivity index (χ0n) is 7.47. The molecule has 0 bridgehead atoms. The Morgan fingerprint density at radius 2 is 1.73 bits per heavy atom. The van der Waals surface area contributed by atoms with Crippen molar-refractivity contribution in [3.05, 3.63) is 23.3 Å². The quantitative estimate of drug-likeness (QED) is 0.540. The SMILES string of the molecule is O=C(O)Cc1ccc(O)c(O)c1C(=O)O. The summed E-state index contributed by atoms with van der Waals surface area (Å²) in [4.78, 5) is 21.1. The fraction of sp³-hybridized carbons (Fsp3) is 0.111. The lowest BCUT2D eigenvalue weighted by molar-refractivity contribution is -0.136. The van der Waals surface area contributed by atoms with E-state index in [2.05, 4.69) is 0 Å². The molecule has 4 N–H and O–H groups in total. The van der Waals surface area contributed by atoms with Gasteiger partial charge < -0.3 is 20.4 Å². The summed E-state index contributed by atoms with van der Waals surface area (Å²) in [5, 5.41) is 35.5. The van der Waals surface area contributed by atoms with Crippen LogP contribution in [0.3, 0.4) is 0 Å². The summed E-state index contributed by atoms with van der Waals surface area (Å²) >= 11 is 0. The fourth-order valence-corrected chi connectivity index (χ4v) is 1.17. The fourth-order valence-electron chi connectivity index (χ4n) is 1.17. The van der Waals surface area contributed by atoms with Gasteiger partial charge in [0.15, 0.2) is 11.5 Å². The molecule has 1 aromatic rings. The number of benzene rings is 1. The van der Waals surface area contributed by atoms with Crippen LogP contribution in [0.5, 0.6) is 11.5 Å². The van der Waals surface area contributed by atoms with Crippen LogP contribution in [-0.2, 0) is 11.2 Å². The second-order valence-corrected chi connectivity index (χ2v) is 2.84. The van der Waals surface area contributed by atoms with E-state index in [1.165, 1.54) is 0 Å². The summed E-state index contributed by atoms with van der Waals surface area (Å²) in [5.41, 5.74) is -0.650. The minimum Gasteiger partial charge on any atom is -0.504 e. The van der Waals surface area contributed by atoms with E-state index in [9.17, 15) is 14.7 Å². The van der Waals surface area contributed by atoms with E-state index < -0.39 is 35.4 Å². The first-order valence-electron chi connectivity index (χ1n) is 3.92. The highest BCUT2D eigenvalue weighted by molar-refractivity contribution is 5.94. The van der Waals surface area contributed by atoms with Gasteiger partial charge in [0.25, 0.3) is 0 Å². The zero-order valence-corrected chi connectivity index (χ0v) is 7.47. The van der Waals surface area contributed by atoms with Crippen molar-refractivity contribution in [3.63, 3.8) is 0 Å². The molecule has 1 rings (SSSR count). The third kappa shape index (κ3) is 2.16. The summed E-state index contributed by atoms with van der Waals surface area (Å²) in [6.07, 6.45) is -0.532. The molecule has 6 nitrogen and oxygen atoms in total. The van der Waals surface area contributed by atoms with Gasteiger partial charge >= 0.3 is 11.9 Å². The van der Waals surface area contributed by atoms with E-state index >= 15 is 0 Å². The van der Waals surface area contributed by atoms with Crippen molar-refractivity contribution in [1.29, 1.82) is 0 Å². The topological polar surface area (TPSA) is 115 Å². The lowest BCUT2D eigenvalue weighted by Gasteiger charge is -2.06. The Kier molecular flexibility index (Phi) is 2.80. The molecule has 0 radical (unpaired) electrons. The Labute approximate surface area is 84.0 Å². The van der Waals surface area contributed by atoms with E-state index in [-0.39, 0.29) is 5.56 Å². The minimum absolute atomic E-state index is 0.0645. The molecule has 1 aromatic carbocycles. The molecule has 15 heavy (non-hydrogen) atoms. The van der Waals surface area contributed by atoms with Crippen LogP contribution in [0.25, 0.3) is 0 Å². The molecule has 0 saturated heterocycles. The average Bonchev–Trinajstić information content (AvgIpc) is 2.10. The number of phenolic OH excluding ortho intramolecular Hbond substituents is 1. The first-order valence-corrected chi connectivity index (χ1v) is 3.92. The minimum atomic E-state index is -1.49. The highest BCUT2D eigenvalue weighted by Gasteiger charge is 2.19. The van der Waals surface area contributed by atoms with Crippen LogP contribution in [0.15, 0.2) is 12.1 Å². The van der Waals surface area contributed by atoms with E-state index in [0.29, 0.717) is 0 Å². The predicted molar refractivity (Wildman–Crippen MR) is 48.1 cm³/mol. The van der Waals surface area contributed by atoms with Crippen LogP contribution in [-0.4, -0.2) is 32.4 Å². The van der Waals surface area contributed by atoms with Gasteiger partial charge in [-0.1, -0.05) is 6.07 Å². The van der Waals surface area contributed by atoms with Gasteiger partial charge in [-0.25, -0.2) is 4.79 Å². The van der Waals surface area contributed by atoms with Crippen LogP contribution in [0.2, 0.25) is 0 Å². The van der Waals surface area contributed by atoms with Gasteiger partial charge in [-0.05, 0) is 11.6 Å². The van der Waals surface area contributed by atoms with Crippen LogP contribution < -0.4 is 0 Å². The molecular formula is C9H8O6. The Morgan fingerprint density at radius 1 is 1.13 bits per heavy atom. The Morgan fingerprint density at radius 3 is 2.20 bits per heavy atom. The predicted octanol–water partition coefficient (Wildman–Crippen LogP) is 0.423. The maximum Gasteiger partial charge on any atom is 0.339 e. The van der Waals surface area contributed by atoms with Gasteiger partial charge in [0, 0.05) is 0 Å². The van der Waals surface area contributed by atoms with Crippen molar-refractivity contribution in [1.82, 2.24) is 0 Å². The molecule has 0 aliphatic carbocycles. The smallest absolute Gasteiger partial charge is 0.339 e. The maximum absolute atomic E-state index is 10.7. The molecule has 0 heterocycles. The Hall–Kier alpha value is -2.24. The van der Waals surface area contributed by atoms with E-state index in [1.807, 2.05) is 0 Å². The van der Waals surface area contributed by atoms with Crippen molar-refractivity contribution >= 4 is 11.9 Å². The number of carboxylic acids is 2. The monoisotopic (exact) mass is 212 g/mol. The number of hydrogen-bond acceptors (Lipinski definition) is 4. The van der Waals surface area contributed by atoms with Gasteiger partial charge in [0.05, 0.1) is 6.42 Å². The molecule has 6 heteroatoms. The molecule has 0 amide bonds. The van der Waals surface area contributed by atoms with E-state index in [4.69, 9.17) is 15.3 Å². The maximum atomic E-state index is 10.7.